The Bertz CT molecular complexity index is 1170. The molecule has 0 bridgehead atoms. The zero-order chi connectivity index (χ0) is 20.5. The van der Waals surface area contributed by atoms with Crippen LogP contribution in [-0.2, 0) is 0 Å². The van der Waals surface area contributed by atoms with Gasteiger partial charge in [-0.2, -0.15) is 4.37 Å². The number of para-hydroxylation sites is 2. The molecule has 2 aromatic heterocycles. The second kappa shape index (κ2) is 7.87. The number of rotatable bonds is 4. The van der Waals surface area contributed by atoms with Crippen molar-refractivity contribution in [3.05, 3.63) is 60.7 Å². The summed E-state index contributed by atoms with van der Waals surface area (Å²) in [6.07, 6.45) is 1.59. The smallest absolute Gasteiger partial charge is 0.151 e. The first-order chi connectivity index (χ1) is 14.7. The van der Waals surface area contributed by atoms with Gasteiger partial charge in [-0.1, -0.05) is 12.1 Å². The fourth-order valence-corrected chi connectivity index (χ4v) is 4.70. The van der Waals surface area contributed by atoms with Crippen LogP contribution in [-0.4, -0.2) is 47.6 Å². The van der Waals surface area contributed by atoms with Crippen molar-refractivity contribution in [3.8, 4) is 17.0 Å². The minimum absolute atomic E-state index is 0.262. The van der Waals surface area contributed by atoms with E-state index in [-0.39, 0.29) is 5.82 Å². The van der Waals surface area contributed by atoms with Crippen molar-refractivity contribution in [3.63, 3.8) is 0 Å². The lowest BCUT2D eigenvalue weighted by Crippen LogP contribution is -2.47. The summed E-state index contributed by atoms with van der Waals surface area (Å²) in [5.74, 6) is 1.54. The van der Waals surface area contributed by atoms with E-state index in [0.717, 1.165) is 64.9 Å². The van der Waals surface area contributed by atoms with Crippen LogP contribution >= 0.6 is 11.5 Å². The van der Waals surface area contributed by atoms with Crippen LogP contribution in [0.2, 0.25) is 0 Å². The van der Waals surface area contributed by atoms with Crippen molar-refractivity contribution in [1.29, 1.82) is 0 Å². The monoisotopic (exact) mass is 421 g/mol. The first-order valence-corrected chi connectivity index (χ1v) is 10.5. The minimum atomic E-state index is -0.262. The van der Waals surface area contributed by atoms with E-state index in [0.29, 0.717) is 0 Å². The highest BCUT2D eigenvalue weighted by Gasteiger charge is 2.23. The highest BCUT2D eigenvalue weighted by molar-refractivity contribution is 7.14. The number of nitrogens with zero attached hydrogens (tertiary/aromatic N) is 5. The van der Waals surface area contributed by atoms with Crippen LogP contribution in [0.25, 0.3) is 21.5 Å². The number of halogens is 1. The third-order valence-electron chi connectivity index (χ3n) is 5.36. The van der Waals surface area contributed by atoms with E-state index in [1.54, 1.807) is 25.6 Å². The zero-order valence-corrected chi connectivity index (χ0v) is 17.3. The molecule has 0 aliphatic carbocycles. The zero-order valence-electron chi connectivity index (χ0n) is 16.5. The molecular weight excluding hydrogens is 401 g/mol. The van der Waals surface area contributed by atoms with E-state index in [1.165, 1.54) is 23.7 Å². The molecular formula is C22H20FN5OS. The van der Waals surface area contributed by atoms with Gasteiger partial charge in [0.05, 0.1) is 12.8 Å². The van der Waals surface area contributed by atoms with Crippen LogP contribution in [0.15, 0.2) is 54.9 Å². The predicted molar refractivity (Wildman–Crippen MR) is 118 cm³/mol. The normalized spacial score (nSPS) is 14.3. The van der Waals surface area contributed by atoms with Crippen LogP contribution in [0, 0.1) is 5.82 Å². The summed E-state index contributed by atoms with van der Waals surface area (Å²) in [6.45, 7) is 3.42. The molecule has 5 rings (SSSR count). The Hall–Kier alpha value is -3.26. The van der Waals surface area contributed by atoms with E-state index in [2.05, 4.69) is 30.2 Å². The number of aromatic nitrogens is 3. The summed E-state index contributed by atoms with van der Waals surface area (Å²) in [5.41, 5.74) is 3.55. The SMILES string of the molecule is COc1ccccc1N1CCN(c2ncnc3c(-c4ccc(F)cc4)nsc23)CC1. The molecule has 1 fully saturated rings. The average Bonchev–Trinajstić information content (AvgIpc) is 3.24. The average molecular weight is 422 g/mol. The molecule has 0 spiro atoms. The van der Waals surface area contributed by atoms with Gasteiger partial charge in [0.15, 0.2) is 5.82 Å². The maximum absolute atomic E-state index is 13.3. The molecule has 0 radical (unpaired) electrons. The van der Waals surface area contributed by atoms with Gasteiger partial charge in [0, 0.05) is 31.7 Å². The molecule has 0 atom stereocenters. The first-order valence-electron chi connectivity index (χ1n) is 9.74. The largest absolute Gasteiger partial charge is 0.495 e. The van der Waals surface area contributed by atoms with Gasteiger partial charge in [0.1, 0.15) is 33.8 Å². The summed E-state index contributed by atoms with van der Waals surface area (Å²) in [4.78, 5) is 13.7. The Morgan fingerprint density at radius 3 is 2.43 bits per heavy atom. The predicted octanol–water partition coefficient (Wildman–Crippen LogP) is 4.23. The fraction of sp³-hybridized carbons (Fsp3) is 0.227. The molecule has 0 amide bonds. The van der Waals surface area contributed by atoms with Gasteiger partial charge in [-0.15, -0.1) is 0 Å². The quantitative estimate of drug-likeness (QED) is 0.492. The van der Waals surface area contributed by atoms with Gasteiger partial charge in [-0.3, -0.25) is 0 Å². The van der Waals surface area contributed by atoms with Crippen molar-refractivity contribution < 1.29 is 9.13 Å². The van der Waals surface area contributed by atoms with Gasteiger partial charge in [-0.05, 0) is 47.9 Å². The summed E-state index contributed by atoms with van der Waals surface area (Å²) in [7, 11) is 1.70. The number of ether oxygens (including phenoxy) is 1. The molecule has 2 aromatic carbocycles. The molecule has 3 heterocycles. The molecule has 1 saturated heterocycles. The van der Waals surface area contributed by atoms with Crippen molar-refractivity contribution in [1.82, 2.24) is 14.3 Å². The maximum atomic E-state index is 13.3. The molecule has 0 saturated carbocycles. The van der Waals surface area contributed by atoms with Crippen LogP contribution in [0.3, 0.4) is 0 Å². The van der Waals surface area contributed by atoms with Crippen molar-refractivity contribution in [2.75, 3.05) is 43.1 Å². The number of methoxy groups -OCH3 is 1. The second-order valence-electron chi connectivity index (χ2n) is 7.06. The van der Waals surface area contributed by atoms with E-state index < -0.39 is 0 Å². The van der Waals surface area contributed by atoms with Gasteiger partial charge in [-0.25, -0.2) is 14.4 Å². The van der Waals surface area contributed by atoms with Gasteiger partial charge in [0.25, 0.3) is 0 Å². The van der Waals surface area contributed by atoms with E-state index in [4.69, 9.17) is 4.74 Å². The molecule has 4 aromatic rings. The molecule has 30 heavy (non-hydrogen) atoms. The van der Waals surface area contributed by atoms with Crippen LogP contribution in [0.4, 0.5) is 15.9 Å². The number of hydrogen-bond acceptors (Lipinski definition) is 7. The number of piperazine rings is 1. The molecule has 1 aliphatic heterocycles. The third-order valence-corrected chi connectivity index (χ3v) is 6.19. The lowest BCUT2D eigenvalue weighted by atomic mass is 10.1. The molecule has 1 aliphatic rings. The molecule has 0 N–H and O–H groups in total. The summed E-state index contributed by atoms with van der Waals surface area (Å²) < 4.78 is 24.4. The standard InChI is InChI=1S/C22H20FN5OS/c1-29-18-5-3-2-4-17(18)27-10-12-28(13-11-27)22-21-20(24-14-25-22)19(26-30-21)15-6-8-16(23)9-7-15/h2-9,14H,10-13H2,1H3. The Morgan fingerprint density at radius 2 is 1.67 bits per heavy atom. The van der Waals surface area contributed by atoms with Crippen molar-refractivity contribution >= 4 is 33.3 Å². The third kappa shape index (κ3) is 3.33. The topological polar surface area (TPSA) is 54.4 Å². The van der Waals surface area contributed by atoms with E-state index in [9.17, 15) is 4.39 Å². The lowest BCUT2D eigenvalue weighted by molar-refractivity contribution is 0.413. The van der Waals surface area contributed by atoms with Crippen LogP contribution in [0.5, 0.6) is 5.75 Å². The highest BCUT2D eigenvalue weighted by atomic mass is 32.1. The minimum Gasteiger partial charge on any atom is -0.495 e. The van der Waals surface area contributed by atoms with Crippen LogP contribution in [0.1, 0.15) is 0 Å². The Balaban J connectivity index is 1.40. The van der Waals surface area contributed by atoms with Crippen molar-refractivity contribution in [2.45, 2.75) is 0 Å². The molecule has 0 unspecified atom stereocenters. The van der Waals surface area contributed by atoms with Crippen molar-refractivity contribution in [2.24, 2.45) is 0 Å². The number of benzene rings is 2. The van der Waals surface area contributed by atoms with Crippen LogP contribution < -0.4 is 14.5 Å². The van der Waals surface area contributed by atoms with Gasteiger partial charge in [0.2, 0.25) is 0 Å². The number of hydrogen-bond donors (Lipinski definition) is 0. The Morgan fingerprint density at radius 1 is 0.933 bits per heavy atom. The van der Waals surface area contributed by atoms with Gasteiger partial charge >= 0.3 is 0 Å². The Kier molecular flexibility index (Phi) is 4.92. The number of anilines is 2. The maximum Gasteiger partial charge on any atom is 0.151 e. The van der Waals surface area contributed by atoms with Gasteiger partial charge < -0.3 is 14.5 Å². The Labute approximate surface area is 177 Å². The summed E-state index contributed by atoms with van der Waals surface area (Å²) >= 11 is 1.39. The fourth-order valence-electron chi connectivity index (χ4n) is 3.82. The second-order valence-corrected chi connectivity index (χ2v) is 7.83. The molecule has 6 nitrogen and oxygen atoms in total. The number of fused-ring (bicyclic) bond motifs is 1. The summed E-state index contributed by atoms with van der Waals surface area (Å²) in [5, 5.41) is 0. The molecule has 8 heteroatoms. The first kappa shape index (κ1) is 18.7. The summed E-state index contributed by atoms with van der Waals surface area (Å²) in [6, 6.07) is 14.5. The lowest BCUT2D eigenvalue weighted by Gasteiger charge is -2.37. The van der Waals surface area contributed by atoms with E-state index >= 15 is 0 Å². The highest BCUT2D eigenvalue weighted by Crippen LogP contribution is 2.35. The molecule has 152 valence electrons. The van der Waals surface area contributed by atoms with E-state index in [1.807, 2.05) is 18.2 Å².